The van der Waals surface area contributed by atoms with Gasteiger partial charge in [0, 0.05) is 38.4 Å². The number of hydrogen-bond donors (Lipinski definition) is 2. The van der Waals surface area contributed by atoms with Crippen molar-refractivity contribution in [2.24, 2.45) is 5.14 Å². The number of rotatable bonds is 6. The Morgan fingerprint density at radius 1 is 1.55 bits per heavy atom. The molecule has 0 aliphatic carbocycles. The van der Waals surface area contributed by atoms with Gasteiger partial charge in [0.1, 0.15) is 8.42 Å². The first-order valence-electron chi connectivity index (χ1n) is 6.54. The summed E-state index contributed by atoms with van der Waals surface area (Å²) in [5, 5.41) is 8.13. The molecule has 1 atom stereocenters. The number of nitrogens with one attached hydrogen (secondary N) is 1. The van der Waals surface area contributed by atoms with E-state index in [-0.39, 0.29) is 21.0 Å². The van der Waals surface area contributed by atoms with Gasteiger partial charge in [0.15, 0.2) is 0 Å². The average Bonchev–Trinajstić information content (AvgIpc) is 2.88. The van der Waals surface area contributed by atoms with Crippen LogP contribution >= 0.6 is 11.3 Å². The molecule has 1 aliphatic heterocycles. The Bertz CT molecular complexity index is 741. The lowest BCUT2D eigenvalue weighted by atomic mass is 10.1. The maximum Gasteiger partial charge on any atom is 0.252 e. The molecule has 0 saturated heterocycles. The predicted molar refractivity (Wildman–Crippen MR) is 82.7 cm³/mol. The lowest BCUT2D eigenvalue weighted by Gasteiger charge is -2.31. The average molecular weight is 369 g/mol. The Morgan fingerprint density at radius 2 is 2.23 bits per heavy atom. The molecular formula is C11H19N3O5S3. The first-order valence-corrected chi connectivity index (χ1v) is 10.3. The van der Waals surface area contributed by atoms with E-state index in [2.05, 4.69) is 5.32 Å². The summed E-state index contributed by atoms with van der Waals surface area (Å²) in [5.41, 5.74) is 0.458. The highest BCUT2D eigenvalue weighted by molar-refractivity contribution is 7.94. The number of ether oxygens (including phenoxy) is 1. The smallest absolute Gasteiger partial charge is 0.252 e. The molecule has 1 aromatic heterocycles. The first-order chi connectivity index (χ1) is 10.2. The van der Waals surface area contributed by atoms with Crippen LogP contribution in [0.5, 0.6) is 0 Å². The predicted octanol–water partition coefficient (Wildman–Crippen LogP) is -0.303. The van der Waals surface area contributed by atoms with E-state index in [1.54, 1.807) is 14.2 Å². The van der Waals surface area contributed by atoms with Crippen LogP contribution in [-0.2, 0) is 24.8 Å². The highest BCUT2D eigenvalue weighted by atomic mass is 32.3. The second kappa shape index (κ2) is 6.51. The minimum Gasteiger partial charge on any atom is -0.385 e. The van der Waals surface area contributed by atoms with Gasteiger partial charge in [-0.05, 0) is 19.5 Å². The van der Waals surface area contributed by atoms with E-state index in [0.717, 1.165) is 0 Å². The van der Waals surface area contributed by atoms with Crippen molar-refractivity contribution in [3.05, 3.63) is 11.6 Å². The number of thiophene rings is 1. The van der Waals surface area contributed by atoms with Crippen molar-refractivity contribution in [2.45, 2.75) is 20.9 Å². The first kappa shape index (κ1) is 17.8. The quantitative estimate of drug-likeness (QED) is 0.664. The summed E-state index contributed by atoms with van der Waals surface area (Å²) < 4.78 is 54.4. The van der Waals surface area contributed by atoms with Crippen LogP contribution in [0.1, 0.15) is 18.0 Å². The molecule has 0 saturated carbocycles. The molecule has 3 N–H and O–H groups in total. The zero-order valence-electron chi connectivity index (χ0n) is 12.3. The summed E-state index contributed by atoms with van der Waals surface area (Å²) >= 11 is 0.697. The number of fused-ring (bicyclic) bond motifs is 1. The van der Waals surface area contributed by atoms with Crippen LogP contribution in [0, 0.1) is 0 Å². The van der Waals surface area contributed by atoms with Crippen molar-refractivity contribution >= 4 is 31.4 Å². The molecule has 0 unspecified atom stereocenters. The summed E-state index contributed by atoms with van der Waals surface area (Å²) in [6, 6.07) is 1.08. The summed E-state index contributed by atoms with van der Waals surface area (Å²) in [6.45, 7) is 1.02. The van der Waals surface area contributed by atoms with E-state index in [4.69, 9.17) is 9.88 Å². The van der Waals surface area contributed by atoms with Gasteiger partial charge in [-0.2, -0.15) is 4.31 Å². The monoisotopic (exact) mass is 369 g/mol. The van der Waals surface area contributed by atoms with E-state index in [1.807, 2.05) is 0 Å². The lowest BCUT2D eigenvalue weighted by Crippen LogP contribution is -2.43. The van der Waals surface area contributed by atoms with Gasteiger partial charge in [0.2, 0.25) is 10.0 Å². The minimum absolute atomic E-state index is 0.0412. The third kappa shape index (κ3) is 3.35. The van der Waals surface area contributed by atoms with Crippen LogP contribution in [0.3, 0.4) is 0 Å². The van der Waals surface area contributed by atoms with Gasteiger partial charge in [-0.3, -0.25) is 0 Å². The molecule has 8 nitrogen and oxygen atoms in total. The zero-order valence-corrected chi connectivity index (χ0v) is 14.7. The number of methoxy groups -OCH3 is 1. The molecule has 0 amide bonds. The highest BCUT2D eigenvalue weighted by Gasteiger charge is 2.39. The maximum absolute atomic E-state index is 12.6. The Balaban J connectivity index is 2.44. The van der Waals surface area contributed by atoms with Crippen molar-refractivity contribution in [1.82, 2.24) is 9.62 Å². The van der Waals surface area contributed by atoms with Gasteiger partial charge < -0.3 is 10.1 Å². The van der Waals surface area contributed by atoms with Crippen LogP contribution in [0.25, 0.3) is 0 Å². The standard InChI is InChI=1S/C11H19N3O5S3/c1-13-9-7-14(4-3-5-19-2)22(17,18)11-8(9)6-10(20-11)21(12,15)16/h6,9,13H,3-5,7H2,1-2H3,(H2,12,15,16)/t9-/m0/s1. The van der Waals surface area contributed by atoms with Crippen molar-refractivity contribution < 1.29 is 21.6 Å². The van der Waals surface area contributed by atoms with Crippen molar-refractivity contribution in [1.29, 1.82) is 0 Å². The fourth-order valence-electron chi connectivity index (χ4n) is 2.31. The number of sulfonamides is 2. The highest BCUT2D eigenvalue weighted by Crippen LogP contribution is 2.39. The number of primary sulfonamides is 1. The number of hydrogen-bond acceptors (Lipinski definition) is 7. The zero-order chi connectivity index (χ0) is 16.5. The van der Waals surface area contributed by atoms with Crippen LogP contribution in [-0.4, -0.2) is 55.0 Å². The second-order valence-electron chi connectivity index (χ2n) is 4.90. The summed E-state index contributed by atoms with van der Waals surface area (Å²) in [5.74, 6) is 0. The van der Waals surface area contributed by atoms with Gasteiger partial charge in [-0.15, -0.1) is 11.3 Å². The molecule has 1 aromatic rings. The third-order valence-electron chi connectivity index (χ3n) is 3.42. The van der Waals surface area contributed by atoms with Gasteiger partial charge in [-0.1, -0.05) is 0 Å². The molecule has 0 fully saturated rings. The Hall–Kier alpha value is -0.560. The van der Waals surface area contributed by atoms with Crippen molar-refractivity contribution in [3.8, 4) is 0 Å². The molecule has 1 aliphatic rings. The number of nitrogens with two attached hydrogens (primary N) is 1. The van der Waals surface area contributed by atoms with Gasteiger partial charge >= 0.3 is 0 Å². The van der Waals surface area contributed by atoms with E-state index in [1.165, 1.54) is 10.4 Å². The van der Waals surface area contributed by atoms with E-state index in [0.29, 0.717) is 36.5 Å². The largest absolute Gasteiger partial charge is 0.385 e. The third-order valence-corrected chi connectivity index (χ3v) is 8.39. The Kier molecular flexibility index (Phi) is 5.27. The molecule has 0 spiro atoms. The summed E-state index contributed by atoms with van der Waals surface area (Å²) in [4.78, 5) is 0. The van der Waals surface area contributed by atoms with E-state index >= 15 is 0 Å². The molecule has 2 heterocycles. The van der Waals surface area contributed by atoms with Gasteiger partial charge in [0.05, 0.1) is 0 Å². The topological polar surface area (TPSA) is 119 Å². The molecule has 0 bridgehead atoms. The molecule has 22 heavy (non-hydrogen) atoms. The van der Waals surface area contributed by atoms with Crippen LogP contribution in [0.2, 0.25) is 0 Å². The van der Waals surface area contributed by atoms with Crippen LogP contribution in [0.4, 0.5) is 0 Å². The normalized spacial score (nSPS) is 21.7. The van der Waals surface area contributed by atoms with E-state index < -0.39 is 20.0 Å². The summed E-state index contributed by atoms with van der Waals surface area (Å²) in [6.07, 6.45) is 0.564. The minimum atomic E-state index is -3.93. The Labute approximate surface area is 134 Å². The second-order valence-corrected chi connectivity index (χ2v) is 9.88. The molecule has 11 heteroatoms. The summed E-state index contributed by atoms with van der Waals surface area (Å²) in [7, 11) is -4.38. The van der Waals surface area contributed by atoms with Crippen molar-refractivity contribution in [2.75, 3.05) is 33.9 Å². The molecule has 2 rings (SSSR count). The van der Waals surface area contributed by atoms with Gasteiger partial charge in [-0.25, -0.2) is 22.0 Å². The van der Waals surface area contributed by atoms with E-state index in [9.17, 15) is 16.8 Å². The molecule has 0 radical (unpaired) electrons. The fraction of sp³-hybridized carbons (Fsp3) is 0.636. The van der Waals surface area contributed by atoms with Crippen LogP contribution in [0.15, 0.2) is 14.5 Å². The van der Waals surface area contributed by atoms with Crippen LogP contribution < -0.4 is 10.5 Å². The lowest BCUT2D eigenvalue weighted by molar-refractivity contribution is 0.185. The number of nitrogens with zero attached hydrogens (tertiary/aromatic N) is 1. The molecule has 126 valence electrons. The SMILES string of the molecule is CN[C@H]1CN(CCCOC)S(=O)(=O)c2sc(S(N)(=O)=O)cc21. The van der Waals surface area contributed by atoms with Crippen molar-refractivity contribution in [3.63, 3.8) is 0 Å². The maximum atomic E-state index is 12.6. The van der Waals surface area contributed by atoms with Gasteiger partial charge in [0.25, 0.3) is 10.0 Å². The molecular weight excluding hydrogens is 350 g/mol. The molecule has 0 aromatic carbocycles. The number of likely N-dealkylation sites (N-methyl/N-ethyl adjacent to an activating group) is 1. The Morgan fingerprint density at radius 3 is 2.77 bits per heavy atom. The fourth-order valence-corrected chi connectivity index (χ4v) is 6.62.